The SMILES string of the molecule is CN(C)c1nc(Nc2ccc(N=[n+]3[nH]c(=O)/c(=C/c4cccc(Cl)c4)s3)cc2)nc(N(C)C)n1. The maximum atomic E-state index is 12.3. The monoisotopic (exact) mass is 496 g/mol. The minimum atomic E-state index is -0.227. The van der Waals surface area contributed by atoms with Gasteiger partial charge in [0.1, 0.15) is 9.56 Å². The molecule has 2 aromatic carbocycles. The second-order valence-electron chi connectivity index (χ2n) is 7.69. The third kappa shape index (κ3) is 5.74. The molecule has 2 heterocycles. The number of H-pyrrole nitrogens is 1. The van der Waals surface area contributed by atoms with Gasteiger partial charge in [-0.1, -0.05) is 28.8 Å². The zero-order valence-corrected chi connectivity index (χ0v) is 20.6. The van der Waals surface area contributed by atoms with E-state index in [0.29, 0.717) is 33.1 Å². The summed E-state index contributed by atoms with van der Waals surface area (Å²) in [5, 5.41) is 11.0. The van der Waals surface area contributed by atoms with E-state index in [9.17, 15) is 4.79 Å². The molecule has 4 aromatic rings. The van der Waals surface area contributed by atoms with Gasteiger partial charge in [0.15, 0.2) is 4.53 Å². The van der Waals surface area contributed by atoms with Crippen LogP contribution in [0.3, 0.4) is 0 Å². The van der Waals surface area contributed by atoms with Gasteiger partial charge in [-0.05, 0) is 48.0 Å². The number of nitrogens with one attached hydrogen (secondary N) is 2. The Morgan fingerprint density at radius 1 is 1.03 bits per heavy atom. The molecule has 2 N–H and O–H groups in total. The summed E-state index contributed by atoms with van der Waals surface area (Å²) >= 11 is 7.23. The molecule has 0 unspecified atom stereocenters. The van der Waals surface area contributed by atoms with Gasteiger partial charge in [0.25, 0.3) is 0 Å². The highest BCUT2D eigenvalue weighted by atomic mass is 35.5. The summed E-state index contributed by atoms with van der Waals surface area (Å²) in [6, 6.07) is 14.7. The Hall–Kier alpha value is -3.83. The minimum Gasteiger partial charge on any atom is -0.347 e. The maximum absolute atomic E-state index is 12.3. The number of aromatic amines is 1. The molecule has 0 aliphatic heterocycles. The summed E-state index contributed by atoms with van der Waals surface area (Å²) in [5.41, 5.74) is 2.08. The van der Waals surface area contributed by atoms with Crippen LogP contribution in [0.5, 0.6) is 0 Å². The number of benzene rings is 2. The lowest BCUT2D eigenvalue weighted by molar-refractivity contribution is -0.537. The van der Waals surface area contributed by atoms with E-state index in [1.165, 1.54) is 15.4 Å². The molecule has 0 fully saturated rings. The lowest BCUT2D eigenvalue weighted by Gasteiger charge is -2.16. The maximum Gasteiger partial charge on any atom is 0.325 e. The molecule has 2 aromatic heterocycles. The van der Waals surface area contributed by atoms with Crippen molar-refractivity contribution in [1.82, 2.24) is 20.1 Å². The normalized spacial score (nSPS) is 12.1. The van der Waals surface area contributed by atoms with Crippen molar-refractivity contribution in [2.45, 2.75) is 0 Å². The van der Waals surface area contributed by atoms with E-state index < -0.39 is 0 Å². The number of halogens is 1. The number of rotatable bonds is 6. The summed E-state index contributed by atoms with van der Waals surface area (Å²) < 4.78 is 1.95. The highest BCUT2D eigenvalue weighted by Crippen LogP contribution is 2.20. The van der Waals surface area contributed by atoms with Crippen molar-refractivity contribution in [1.29, 1.82) is 0 Å². The third-order valence-electron chi connectivity index (χ3n) is 4.49. The highest BCUT2D eigenvalue weighted by Gasteiger charge is 2.10. The quantitative estimate of drug-likeness (QED) is 0.395. The van der Waals surface area contributed by atoms with E-state index in [4.69, 9.17) is 11.6 Å². The van der Waals surface area contributed by atoms with Crippen LogP contribution in [0, 0.1) is 0 Å². The van der Waals surface area contributed by atoms with Crippen LogP contribution < -0.4 is 29.1 Å². The predicted molar refractivity (Wildman–Crippen MR) is 135 cm³/mol. The van der Waals surface area contributed by atoms with Crippen LogP contribution in [-0.4, -0.2) is 48.2 Å². The summed E-state index contributed by atoms with van der Waals surface area (Å²) in [6.07, 6.45) is 1.77. The van der Waals surface area contributed by atoms with Gasteiger partial charge in [-0.25, -0.2) is 0 Å². The van der Waals surface area contributed by atoms with Crippen LogP contribution in [0.25, 0.3) is 6.08 Å². The van der Waals surface area contributed by atoms with E-state index in [2.05, 4.69) is 30.5 Å². The molecule has 10 nitrogen and oxygen atoms in total. The molecule has 0 saturated carbocycles. The Kier molecular flexibility index (Phi) is 6.85. The molecule has 0 spiro atoms. The van der Waals surface area contributed by atoms with Crippen LogP contribution in [-0.2, 0) is 0 Å². The number of hydrogen-bond acceptors (Lipinski definition) is 9. The lowest BCUT2D eigenvalue weighted by atomic mass is 10.2. The molecule has 0 amide bonds. The first-order valence-corrected chi connectivity index (χ1v) is 11.4. The van der Waals surface area contributed by atoms with Crippen molar-refractivity contribution in [2.24, 2.45) is 5.11 Å². The third-order valence-corrected chi connectivity index (χ3v) is 5.57. The fourth-order valence-corrected chi connectivity index (χ4v) is 3.81. The van der Waals surface area contributed by atoms with Gasteiger partial charge in [0.05, 0.1) is 0 Å². The average Bonchev–Trinajstić information content (AvgIpc) is 3.13. The minimum absolute atomic E-state index is 0.227. The van der Waals surface area contributed by atoms with Gasteiger partial charge in [-0.2, -0.15) is 15.0 Å². The van der Waals surface area contributed by atoms with Crippen LogP contribution in [0.2, 0.25) is 5.02 Å². The molecule has 0 radical (unpaired) electrons. The molecule has 4 rings (SSSR count). The summed E-state index contributed by atoms with van der Waals surface area (Å²) in [5.74, 6) is 1.54. The summed E-state index contributed by atoms with van der Waals surface area (Å²) in [4.78, 5) is 29.2. The number of hydrogen-bond donors (Lipinski definition) is 2. The van der Waals surface area contributed by atoms with E-state index in [-0.39, 0.29) is 5.56 Å². The van der Waals surface area contributed by atoms with E-state index in [1.807, 2.05) is 74.4 Å². The molecule has 0 aliphatic rings. The van der Waals surface area contributed by atoms with E-state index >= 15 is 0 Å². The Balaban J connectivity index is 1.57. The van der Waals surface area contributed by atoms with Gasteiger partial charge >= 0.3 is 5.56 Å². The topological polar surface area (TPSA) is 108 Å². The largest absolute Gasteiger partial charge is 0.347 e. The van der Waals surface area contributed by atoms with Crippen molar-refractivity contribution >= 4 is 58.4 Å². The van der Waals surface area contributed by atoms with E-state index in [0.717, 1.165) is 11.3 Å². The van der Waals surface area contributed by atoms with Crippen molar-refractivity contribution in [3.05, 3.63) is 74.0 Å². The second kappa shape index (κ2) is 9.98. The molecule has 174 valence electrons. The van der Waals surface area contributed by atoms with Gasteiger partial charge in [-0.15, -0.1) is 0 Å². The summed E-state index contributed by atoms with van der Waals surface area (Å²) in [6.45, 7) is 0. The number of aromatic nitrogens is 5. The predicted octanol–water partition coefficient (Wildman–Crippen LogP) is 2.63. The zero-order valence-electron chi connectivity index (χ0n) is 19.0. The van der Waals surface area contributed by atoms with Crippen molar-refractivity contribution < 1.29 is 3.87 Å². The van der Waals surface area contributed by atoms with Crippen LogP contribution in [0.1, 0.15) is 5.56 Å². The molecule has 0 saturated heterocycles. The molecule has 0 atom stereocenters. The molecular weight excluding hydrogens is 474 g/mol. The van der Waals surface area contributed by atoms with Gasteiger partial charge in [0.2, 0.25) is 29.4 Å². The van der Waals surface area contributed by atoms with E-state index in [1.54, 1.807) is 18.2 Å². The number of nitrogens with zero attached hydrogens (tertiary/aromatic N) is 7. The zero-order chi connectivity index (χ0) is 24.2. The van der Waals surface area contributed by atoms with Crippen molar-refractivity contribution in [2.75, 3.05) is 43.3 Å². The standard InChI is InChI=1S/C22H22ClN9OS/c1-30(2)21-25-20(26-22(27-21)31(3)4)24-16-8-10-17(11-9-16)28-32-29-19(33)18(34-32)13-14-6-5-7-15(23)12-14/h5-13H,1-4H3,(H,29,33)/p+1/b18-13-. The van der Waals surface area contributed by atoms with Gasteiger partial charge in [-0.3, -0.25) is 4.79 Å². The molecule has 12 heteroatoms. The van der Waals surface area contributed by atoms with Crippen molar-refractivity contribution in [3.8, 4) is 0 Å². The number of anilines is 4. The Morgan fingerprint density at radius 3 is 2.32 bits per heavy atom. The van der Waals surface area contributed by atoms with Crippen molar-refractivity contribution in [3.63, 3.8) is 0 Å². The van der Waals surface area contributed by atoms with Crippen LogP contribution in [0.4, 0.5) is 29.2 Å². The second-order valence-corrected chi connectivity index (χ2v) is 9.09. The smallest absolute Gasteiger partial charge is 0.325 e. The fraction of sp³-hybridized carbons (Fsp3) is 0.182. The first kappa shape index (κ1) is 23.3. The van der Waals surface area contributed by atoms with Crippen LogP contribution >= 0.6 is 23.1 Å². The first-order chi connectivity index (χ1) is 16.3. The van der Waals surface area contributed by atoms with Crippen LogP contribution in [0.15, 0.2) is 58.4 Å². The average molecular weight is 497 g/mol. The first-order valence-electron chi connectivity index (χ1n) is 10.2. The Labute approximate surface area is 204 Å². The Morgan fingerprint density at radius 2 is 1.71 bits per heavy atom. The lowest BCUT2D eigenvalue weighted by Crippen LogP contribution is -2.22. The molecule has 34 heavy (non-hydrogen) atoms. The fourth-order valence-electron chi connectivity index (χ4n) is 2.84. The van der Waals surface area contributed by atoms with Gasteiger partial charge < -0.3 is 15.1 Å². The molecule has 0 aliphatic carbocycles. The van der Waals surface area contributed by atoms with Gasteiger partial charge in [0, 0.05) is 44.0 Å². The Bertz CT molecular complexity index is 1450. The molecule has 0 bridgehead atoms. The molecular formula is C22H23ClN9OS+. The highest BCUT2D eigenvalue weighted by molar-refractivity contribution is 6.99. The summed E-state index contributed by atoms with van der Waals surface area (Å²) in [7, 11) is 7.50.